The number of aromatic nitrogens is 2. The number of rotatable bonds is 5. The molecule has 1 aromatic heterocycles. The fraction of sp³-hybridized carbons (Fsp3) is 0.444. The Labute approximate surface area is 99.2 Å². The van der Waals surface area contributed by atoms with Gasteiger partial charge in [0.25, 0.3) is 0 Å². The Balaban J connectivity index is 2.93. The molecule has 16 heavy (non-hydrogen) atoms. The van der Waals surface area contributed by atoms with Crippen LogP contribution in [0, 0.1) is 0 Å². The molecule has 1 aromatic rings. The molecule has 6 nitrogen and oxygen atoms in total. The second kappa shape index (κ2) is 6.06. The Hall–Kier alpha value is -1.63. The zero-order valence-electron chi connectivity index (χ0n) is 9.19. The van der Waals surface area contributed by atoms with Gasteiger partial charge in [-0.05, 0) is 26.1 Å². The van der Waals surface area contributed by atoms with E-state index in [1.807, 2.05) is 13.8 Å². The normalized spacial score (nSPS) is 9.62. The monoisotopic (exact) mass is 242 g/mol. The van der Waals surface area contributed by atoms with Gasteiger partial charge in [-0.2, -0.15) is 4.98 Å². The van der Waals surface area contributed by atoms with Crippen molar-refractivity contribution in [2.75, 3.05) is 18.5 Å². The van der Waals surface area contributed by atoms with Crippen molar-refractivity contribution in [1.82, 2.24) is 9.97 Å². The minimum Gasteiger partial charge on any atom is -0.476 e. The molecule has 88 valence electrons. The first kappa shape index (κ1) is 12.4. The predicted molar refractivity (Wildman–Crippen MR) is 64.8 cm³/mol. The molecule has 0 aliphatic carbocycles. The number of anilines is 1. The predicted octanol–water partition coefficient (Wildman–Crippen LogP) is 0.929. The highest BCUT2D eigenvalue weighted by molar-refractivity contribution is 7.80. The van der Waals surface area contributed by atoms with Gasteiger partial charge in [-0.1, -0.05) is 0 Å². The number of thiocarbonyl (C=S) groups is 1. The van der Waals surface area contributed by atoms with Gasteiger partial charge in [0.2, 0.25) is 5.88 Å². The van der Waals surface area contributed by atoms with Crippen LogP contribution in [0.15, 0.2) is 6.20 Å². The first-order valence-corrected chi connectivity index (χ1v) is 5.27. The number of hydrogen-bond acceptors (Lipinski definition) is 5. The third kappa shape index (κ3) is 3.50. The topological polar surface area (TPSA) is 82.3 Å². The average molecular weight is 242 g/mol. The average Bonchev–Trinajstić information content (AvgIpc) is 2.22. The van der Waals surface area contributed by atoms with Crippen molar-refractivity contribution in [3.05, 3.63) is 6.20 Å². The van der Waals surface area contributed by atoms with Gasteiger partial charge >= 0.3 is 6.01 Å². The Kier molecular flexibility index (Phi) is 4.71. The van der Waals surface area contributed by atoms with E-state index in [1.165, 1.54) is 6.20 Å². The van der Waals surface area contributed by atoms with E-state index < -0.39 is 0 Å². The van der Waals surface area contributed by atoms with E-state index in [-0.39, 0.29) is 11.1 Å². The molecule has 1 rings (SSSR count). The lowest BCUT2D eigenvalue weighted by atomic mass is 10.5. The summed E-state index contributed by atoms with van der Waals surface area (Å²) in [6.45, 7) is 4.68. The van der Waals surface area contributed by atoms with E-state index in [9.17, 15) is 0 Å². The highest BCUT2D eigenvalue weighted by atomic mass is 32.1. The first-order valence-electron chi connectivity index (χ1n) is 4.86. The molecule has 0 amide bonds. The minimum absolute atomic E-state index is 0.133. The summed E-state index contributed by atoms with van der Waals surface area (Å²) in [6.07, 6.45) is 1.52. The molecular weight excluding hydrogens is 228 g/mol. The Morgan fingerprint density at radius 1 is 1.44 bits per heavy atom. The highest BCUT2D eigenvalue weighted by Gasteiger charge is 2.09. The van der Waals surface area contributed by atoms with Gasteiger partial charge in [-0.25, -0.2) is 4.98 Å². The lowest BCUT2D eigenvalue weighted by Gasteiger charge is -2.10. The van der Waals surface area contributed by atoms with Crippen molar-refractivity contribution in [2.24, 2.45) is 5.73 Å². The number of nitrogens with zero attached hydrogens (tertiary/aromatic N) is 2. The number of ether oxygens (including phenoxy) is 2. The van der Waals surface area contributed by atoms with Crippen LogP contribution >= 0.6 is 12.2 Å². The molecular formula is C9H14N4O2S. The lowest BCUT2D eigenvalue weighted by Crippen LogP contribution is -2.20. The van der Waals surface area contributed by atoms with E-state index in [2.05, 4.69) is 15.3 Å². The molecule has 0 bridgehead atoms. The number of nitrogens with one attached hydrogen (secondary N) is 1. The van der Waals surface area contributed by atoms with Crippen LogP contribution in [-0.4, -0.2) is 28.3 Å². The van der Waals surface area contributed by atoms with Gasteiger partial charge in [0.1, 0.15) is 5.69 Å². The van der Waals surface area contributed by atoms with Crippen LogP contribution in [0.2, 0.25) is 0 Å². The molecule has 0 atom stereocenters. The summed E-state index contributed by atoms with van der Waals surface area (Å²) in [4.78, 5) is 8.05. The molecule has 0 saturated heterocycles. The van der Waals surface area contributed by atoms with Gasteiger partial charge in [-0.3, -0.25) is 0 Å². The Morgan fingerprint density at radius 3 is 2.69 bits per heavy atom. The van der Waals surface area contributed by atoms with Crippen LogP contribution in [0.3, 0.4) is 0 Å². The van der Waals surface area contributed by atoms with E-state index in [0.717, 1.165) is 0 Å². The number of nitrogens with two attached hydrogens (primary N) is 1. The molecule has 1 heterocycles. The summed E-state index contributed by atoms with van der Waals surface area (Å²) in [5, 5.41) is 2.86. The van der Waals surface area contributed by atoms with Crippen LogP contribution < -0.4 is 20.5 Å². The molecule has 0 unspecified atom stereocenters. The quantitative estimate of drug-likeness (QED) is 0.743. The molecule has 0 saturated carbocycles. The van der Waals surface area contributed by atoms with Crippen LogP contribution in [-0.2, 0) is 0 Å². The van der Waals surface area contributed by atoms with Crippen LogP contribution in [0.1, 0.15) is 13.8 Å². The Morgan fingerprint density at radius 2 is 2.12 bits per heavy atom. The lowest BCUT2D eigenvalue weighted by molar-refractivity contribution is 0.290. The molecule has 7 heteroatoms. The van der Waals surface area contributed by atoms with Crippen LogP contribution in [0.4, 0.5) is 5.69 Å². The highest BCUT2D eigenvalue weighted by Crippen LogP contribution is 2.22. The second-order valence-corrected chi connectivity index (χ2v) is 3.17. The van der Waals surface area contributed by atoms with Gasteiger partial charge in [0.05, 0.1) is 19.4 Å². The zero-order valence-corrected chi connectivity index (χ0v) is 10.0. The third-order valence-electron chi connectivity index (χ3n) is 1.54. The van der Waals surface area contributed by atoms with E-state index in [0.29, 0.717) is 24.8 Å². The number of hydrogen-bond donors (Lipinski definition) is 2. The minimum atomic E-state index is 0.133. The van der Waals surface area contributed by atoms with Crippen molar-refractivity contribution in [3.63, 3.8) is 0 Å². The fourth-order valence-electron chi connectivity index (χ4n) is 1.01. The van der Waals surface area contributed by atoms with Crippen molar-refractivity contribution in [2.45, 2.75) is 13.8 Å². The van der Waals surface area contributed by atoms with Crippen LogP contribution in [0.25, 0.3) is 0 Å². The molecule has 0 fully saturated rings. The molecule has 3 N–H and O–H groups in total. The van der Waals surface area contributed by atoms with Crippen molar-refractivity contribution >= 4 is 23.0 Å². The maximum absolute atomic E-state index is 5.36. The van der Waals surface area contributed by atoms with Crippen molar-refractivity contribution in [3.8, 4) is 11.9 Å². The van der Waals surface area contributed by atoms with Gasteiger partial charge in [-0.15, -0.1) is 0 Å². The largest absolute Gasteiger partial charge is 0.476 e. The zero-order chi connectivity index (χ0) is 12.0. The maximum atomic E-state index is 5.36. The van der Waals surface area contributed by atoms with Gasteiger partial charge in [0, 0.05) is 0 Å². The van der Waals surface area contributed by atoms with Gasteiger partial charge < -0.3 is 20.5 Å². The fourth-order valence-corrected chi connectivity index (χ4v) is 1.12. The third-order valence-corrected chi connectivity index (χ3v) is 1.65. The van der Waals surface area contributed by atoms with Crippen molar-refractivity contribution in [1.29, 1.82) is 0 Å². The van der Waals surface area contributed by atoms with E-state index in [1.54, 1.807) is 0 Å². The molecule has 0 aliphatic rings. The summed E-state index contributed by atoms with van der Waals surface area (Å²) in [6, 6.07) is 0.263. The maximum Gasteiger partial charge on any atom is 0.319 e. The summed E-state index contributed by atoms with van der Waals surface area (Å²) < 4.78 is 10.5. The van der Waals surface area contributed by atoms with E-state index in [4.69, 9.17) is 27.4 Å². The smallest absolute Gasteiger partial charge is 0.319 e. The SMILES string of the molecule is CCOc1ncc(NC(N)=S)c(OCC)n1. The summed E-state index contributed by atoms with van der Waals surface area (Å²) in [5.41, 5.74) is 5.89. The summed E-state index contributed by atoms with van der Waals surface area (Å²) >= 11 is 4.73. The second-order valence-electron chi connectivity index (χ2n) is 2.73. The molecule has 0 spiro atoms. The summed E-state index contributed by atoms with van der Waals surface area (Å²) in [7, 11) is 0. The van der Waals surface area contributed by atoms with Gasteiger partial charge in [0.15, 0.2) is 5.11 Å². The Bertz CT molecular complexity index is 373. The standard InChI is InChI=1S/C9H14N4O2S/c1-3-14-7-6(12-8(10)16)5-11-9(13-7)15-4-2/h5H,3-4H2,1-2H3,(H3,10,12,16). The summed E-state index contributed by atoms with van der Waals surface area (Å²) in [5.74, 6) is 0.369. The molecule has 0 aromatic carbocycles. The molecule has 0 radical (unpaired) electrons. The molecule has 0 aliphatic heterocycles. The first-order chi connectivity index (χ1) is 7.67. The van der Waals surface area contributed by atoms with Crippen LogP contribution in [0.5, 0.6) is 11.9 Å². The van der Waals surface area contributed by atoms with Crippen molar-refractivity contribution < 1.29 is 9.47 Å². The van der Waals surface area contributed by atoms with E-state index >= 15 is 0 Å².